The molecule has 0 saturated carbocycles. The van der Waals surface area contributed by atoms with Crippen molar-refractivity contribution in [3.8, 4) is 11.1 Å². The van der Waals surface area contributed by atoms with Crippen LogP contribution in [0, 0.1) is 0 Å². The lowest BCUT2D eigenvalue weighted by Crippen LogP contribution is -2.50. The first-order valence-electron chi connectivity index (χ1n) is 12.2. The van der Waals surface area contributed by atoms with Crippen LogP contribution < -0.4 is 5.32 Å². The average molecular weight is 541 g/mol. The molecular weight excluding hydrogens is 511 g/mol. The van der Waals surface area contributed by atoms with Gasteiger partial charge in [-0.25, -0.2) is 9.59 Å². The maximum absolute atomic E-state index is 13.6. The molecule has 2 heterocycles. The van der Waals surface area contributed by atoms with Gasteiger partial charge >= 0.3 is 12.0 Å². The molecular formula is C28H30Cl2N4O3. The number of amides is 2. The van der Waals surface area contributed by atoms with Crippen LogP contribution in [0.5, 0.6) is 0 Å². The van der Waals surface area contributed by atoms with E-state index in [0.717, 1.165) is 48.2 Å². The van der Waals surface area contributed by atoms with Crippen LogP contribution in [-0.4, -0.2) is 58.1 Å². The number of carbonyl (C=O) groups excluding carboxylic acids is 1. The summed E-state index contributed by atoms with van der Waals surface area (Å²) in [6.07, 6.45) is 5.14. The van der Waals surface area contributed by atoms with Crippen LogP contribution in [0.2, 0.25) is 10.0 Å². The van der Waals surface area contributed by atoms with E-state index in [2.05, 4.69) is 22.2 Å². The number of hydrogen-bond donors (Lipinski definition) is 2. The van der Waals surface area contributed by atoms with Gasteiger partial charge < -0.3 is 20.2 Å². The number of nitrogens with zero attached hydrogens (tertiary/aromatic N) is 3. The van der Waals surface area contributed by atoms with Crippen molar-refractivity contribution in [2.24, 2.45) is 0 Å². The van der Waals surface area contributed by atoms with Gasteiger partial charge in [0.25, 0.3) is 0 Å². The molecule has 9 heteroatoms. The molecule has 1 saturated heterocycles. The van der Waals surface area contributed by atoms with E-state index in [0.29, 0.717) is 16.6 Å². The summed E-state index contributed by atoms with van der Waals surface area (Å²) in [7, 11) is 2.08. The van der Waals surface area contributed by atoms with Crippen LogP contribution in [-0.2, 0) is 6.54 Å². The highest BCUT2D eigenvalue weighted by molar-refractivity contribution is 6.44. The predicted molar refractivity (Wildman–Crippen MR) is 146 cm³/mol. The molecule has 3 aromatic rings. The predicted octanol–water partition coefficient (Wildman–Crippen LogP) is 6.12. The zero-order valence-corrected chi connectivity index (χ0v) is 22.3. The molecule has 1 atom stereocenters. The van der Waals surface area contributed by atoms with E-state index >= 15 is 0 Å². The maximum Gasteiger partial charge on any atom is 0.335 e. The van der Waals surface area contributed by atoms with Crippen LogP contribution in [0.1, 0.15) is 47.3 Å². The molecule has 2 N–H and O–H groups in total. The van der Waals surface area contributed by atoms with E-state index in [1.807, 2.05) is 36.1 Å². The Labute approximate surface area is 227 Å². The second-order valence-corrected chi connectivity index (χ2v) is 10.2. The smallest absolute Gasteiger partial charge is 0.335 e. The van der Waals surface area contributed by atoms with Crippen molar-refractivity contribution < 1.29 is 14.7 Å². The van der Waals surface area contributed by atoms with Gasteiger partial charge in [0, 0.05) is 36.1 Å². The van der Waals surface area contributed by atoms with Crippen LogP contribution in [0.25, 0.3) is 11.1 Å². The number of aromatic nitrogens is 1. The maximum atomic E-state index is 13.6. The topological polar surface area (TPSA) is 85.8 Å². The molecule has 0 spiro atoms. The van der Waals surface area contributed by atoms with Crippen LogP contribution in [0.15, 0.2) is 60.9 Å². The molecule has 0 radical (unpaired) electrons. The van der Waals surface area contributed by atoms with Crippen molar-refractivity contribution in [3.63, 3.8) is 0 Å². The number of rotatable bonds is 7. The molecule has 1 aliphatic heterocycles. The Morgan fingerprint density at radius 1 is 1.11 bits per heavy atom. The molecule has 0 bridgehead atoms. The number of carboxylic acid groups (broad SMARTS) is 1. The lowest BCUT2D eigenvalue weighted by atomic mass is 10.0. The quantitative estimate of drug-likeness (QED) is 0.377. The largest absolute Gasteiger partial charge is 0.478 e. The van der Waals surface area contributed by atoms with Gasteiger partial charge in [-0.15, -0.1) is 0 Å². The number of carboxylic acids is 1. The molecule has 1 aliphatic rings. The zero-order valence-electron chi connectivity index (χ0n) is 20.8. The lowest BCUT2D eigenvalue weighted by molar-refractivity contribution is 0.0696. The fourth-order valence-corrected chi connectivity index (χ4v) is 5.22. The second kappa shape index (κ2) is 11.9. The van der Waals surface area contributed by atoms with Crippen molar-refractivity contribution >= 4 is 35.2 Å². The molecule has 1 aromatic heterocycles. The number of halogens is 2. The summed E-state index contributed by atoms with van der Waals surface area (Å²) in [5.74, 6) is -0.977. The van der Waals surface area contributed by atoms with Gasteiger partial charge in [0.2, 0.25) is 0 Å². The molecule has 1 unspecified atom stereocenters. The Hall–Kier alpha value is -3.13. The van der Waals surface area contributed by atoms with Crippen molar-refractivity contribution in [1.29, 1.82) is 0 Å². The number of likely N-dealkylation sites (tertiary alicyclic amines) is 1. The highest BCUT2D eigenvalue weighted by Crippen LogP contribution is 2.38. The van der Waals surface area contributed by atoms with Crippen LogP contribution in [0.4, 0.5) is 4.79 Å². The fourth-order valence-electron chi connectivity index (χ4n) is 4.61. The third-order valence-corrected chi connectivity index (χ3v) is 7.73. The minimum atomic E-state index is -0.977. The Kier molecular flexibility index (Phi) is 8.69. The number of aromatic carboxylic acids is 1. The van der Waals surface area contributed by atoms with E-state index < -0.39 is 5.97 Å². The summed E-state index contributed by atoms with van der Waals surface area (Å²) < 4.78 is 0. The summed E-state index contributed by atoms with van der Waals surface area (Å²) in [4.78, 5) is 33.1. The average Bonchev–Trinajstić information content (AvgIpc) is 2.90. The number of piperidine rings is 1. The summed E-state index contributed by atoms with van der Waals surface area (Å²) in [6, 6.07) is 13.7. The molecule has 37 heavy (non-hydrogen) atoms. The van der Waals surface area contributed by atoms with Gasteiger partial charge in [0.15, 0.2) is 0 Å². The number of pyridine rings is 1. The van der Waals surface area contributed by atoms with Gasteiger partial charge in [-0.3, -0.25) is 4.98 Å². The fraction of sp³-hybridized carbons (Fsp3) is 0.321. The van der Waals surface area contributed by atoms with E-state index in [1.54, 1.807) is 36.7 Å². The minimum absolute atomic E-state index is 0.0644. The Balaban J connectivity index is 1.54. The number of nitrogens with one attached hydrogen (secondary N) is 1. The van der Waals surface area contributed by atoms with E-state index in [9.17, 15) is 14.7 Å². The summed E-state index contributed by atoms with van der Waals surface area (Å²) in [6.45, 7) is 4.06. The number of benzene rings is 2. The highest BCUT2D eigenvalue weighted by Gasteiger charge is 2.29. The summed E-state index contributed by atoms with van der Waals surface area (Å²) in [5, 5.41) is 13.1. The SMILES string of the molecule is CC(NC(=O)N(Cc1ccc(C(=O)O)cc1)C1CCN(C)CC1)c1ccc(-c2cccnc2)c(Cl)c1Cl. The number of carbonyl (C=O) groups is 2. The summed E-state index contributed by atoms with van der Waals surface area (Å²) >= 11 is 13.3. The first kappa shape index (κ1) is 26.9. The highest BCUT2D eigenvalue weighted by atomic mass is 35.5. The van der Waals surface area contributed by atoms with Gasteiger partial charge in [-0.05, 0) is 69.2 Å². The molecule has 194 valence electrons. The second-order valence-electron chi connectivity index (χ2n) is 9.41. The third kappa shape index (κ3) is 6.42. The van der Waals surface area contributed by atoms with Gasteiger partial charge in [0.1, 0.15) is 0 Å². The van der Waals surface area contributed by atoms with Crippen LogP contribution in [0.3, 0.4) is 0 Å². The van der Waals surface area contributed by atoms with Gasteiger partial charge in [-0.2, -0.15) is 0 Å². The van der Waals surface area contributed by atoms with Crippen molar-refractivity contribution in [3.05, 3.63) is 87.7 Å². The third-order valence-electron chi connectivity index (χ3n) is 6.83. The summed E-state index contributed by atoms with van der Waals surface area (Å²) in [5.41, 5.74) is 3.45. The molecule has 2 amide bonds. The number of urea groups is 1. The molecule has 2 aromatic carbocycles. The van der Waals surface area contributed by atoms with Crippen molar-refractivity contribution in [2.45, 2.75) is 38.4 Å². The first-order valence-corrected chi connectivity index (χ1v) is 13.0. The Morgan fingerprint density at radius 2 is 1.81 bits per heavy atom. The Bertz CT molecular complexity index is 1250. The Morgan fingerprint density at radius 3 is 2.43 bits per heavy atom. The van der Waals surface area contributed by atoms with Crippen molar-refractivity contribution in [1.82, 2.24) is 20.1 Å². The molecule has 0 aliphatic carbocycles. The van der Waals surface area contributed by atoms with Gasteiger partial charge in [-0.1, -0.05) is 53.5 Å². The number of hydrogen-bond acceptors (Lipinski definition) is 4. The van der Waals surface area contributed by atoms with Gasteiger partial charge in [0.05, 0.1) is 21.7 Å². The molecule has 4 rings (SSSR count). The normalized spacial score (nSPS) is 15.2. The van der Waals surface area contributed by atoms with E-state index in [1.165, 1.54) is 0 Å². The van der Waals surface area contributed by atoms with Crippen LogP contribution >= 0.6 is 23.2 Å². The monoisotopic (exact) mass is 540 g/mol. The first-order chi connectivity index (χ1) is 17.7. The lowest BCUT2D eigenvalue weighted by Gasteiger charge is -2.38. The minimum Gasteiger partial charge on any atom is -0.478 e. The van der Waals surface area contributed by atoms with E-state index in [-0.39, 0.29) is 23.7 Å². The standard InChI is InChI=1S/C28H30Cl2N4O3/c1-18(23-9-10-24(26(30)25(23)29)21-4-3-13-31-16-21)32-28(37)34(22-11-14-33(2)15-12-22)17-19-5-7-20(8-6-19)27(35)36/h3-10,13,16,18,22H,11-12,14-15,17H2,1-2H3,(H,32,37)(H,35,36). The molecule has 1 fully saturated rings. The zero-order chi connectivity index (χ0) is 26.5. The van der Waals surface area contributed by atoms with E-state index in [4.69, 9.17) is 23.2 Å². The molecule has 7 nitrogen and oxygen atoms in total. The van der Waals surface area contributed by atoms with Crippen molar-refractivity contribution in [2.75, 3.05) is 20.1 Å².